The second kappa shape index (κ2) is 3.92. The molecule has 2 N–H and O–H groups in total. The third-order valence-corrected chi connectivity index (χ3v) is 2.23. The summed E-state index contributed by atoms with van der Waals surface area (Å²) in [6, 6.07) is 5.10. The average Bonchev–Trinajstić information content (AvgIpc) is 2.19. The first-order chi connectivity index (χ1) is 7.56. The summed E-state index contributed by atoms with van der Waals surface area (Å²) in [5.41, 5.74) is -0.376. The number of aromatic hydroxyl groups is 1. The summed E-state index contributed by atoms with van der Waals surface area (Å²) < 4.78 is 19.7. The predicted molar refractivity (Wildman–Crippen MR) is 54.6 cm³/mol. The van der Waals surface area contributed by atoms with Crippen LogP contribution in [0.5, 0.6) is 11.5 Å². The molecule has 1 aromatic carbocycles. The van der Waals surface area contributed by atoms with Gasteiger partial charge in [0.2, 0.25) is 5.75 Å². The summed E-state index contributed by atoms with van der Waals surface area (Å²) in [5.74, 6) is -0.524. The van der Waals surface area contributed by atoms with Crippen LogP contribution >= 0.6 is 8.25 Å². The Morgan fingerprint density at radius 2 is 2.06 bits per heavy atom. The number of phenolic OH excluding ortho intramolecular Hbond substituents is 1. The van der Waals surface area contributed by atoms with Crippen molar-refractivity contribution >= 4 is 19.2 Å². The van der Waals surface area contributed by atoms with Crippen LogP contribution in [0.25, 0.3) is 11.0 Å². The fraction of sp³-hybridized carbons (Fsp3) is 0. The monoisotopic (exact) mass is 241 g/mol. The first-order valence-electron chi connectivity index (χ1n) is 4.17. The van der Waals surface area contributed by atoms with Gasteiger partial charge >= 0.3 is 13.9 Å². The Hall–Kier alpha value is -1.91. The molecule has 0 bridgehead atoms. The molecule has 0 radical (unpaired) electrons. The third-order valence-electron chi connectivity index (χ3n) is 1.88. The quantitative estimate of drug-likeness (QED) is 0.611. The van der Waals surface area contributed by atoms with Gasteiger partial charge in [-0.1, -0.05) is 0 Å². The topological polar surface area (TPSA) is 97.0 Å². The second-order valence-electron chi connectivity index (χ2n) is 2.94. The van der Waals surface area contributed by atoms with Gasteiger partial charge in [-0.3, -0.25) is 0 Å². The van der Waals surface area contributed by atoms with Crippen LogP contribution in [0.1, 0.15) is 0 Å². The fourth-order valence-electron chi connectivity index (χ4n) is 1.24. The zero-order valence-electron chi connectivity index (χ0n) is 7.78. The van der Waals surface area contributed by atoms with E-state index in [0.29, 0.717) is 5.39 Å². The lowest BCUT2D eigenvalue weighted by Crippen LogP contribution is -1.94. The lowest BCUT2D eigenvalue weighted by atomic mass is 10.2. The average molecular weight is 241 g/mol. The van der Waals surface area contributed by atoms with Crippen molar-refractivity contribution in [3.63, 3.8) is 0 Å². The zero-order chi connectivity index (χ0) is 11.7. The summed E-state index contributed by atoms with van der Waals surface area (Å²) in [4.78, 5) is 19.4. The molecule has 1 aromatic heterocycles. The van der Waals surface area contributed by atoms with E-state index in [2.05, 4.69) is 4.52 Å². The van der Waals surface area contributed by atoms with Crippen LogP contribution in [-0.2, 0) is 4.57 Å². The number of phenols is 1. The predicted octanol–water partition coefficient (Wildman–Crippen LogP) is 1.53. The van der Waals surface area contributed by atoms with E-state index in [1.165, 1.54) is 18.2 Å². The maximum Gasteiger partial charge on any atom is 0.747 e. The molecule has 2 rings (SSSR count). The van der Waals surface area contributed by atoms with Gasteiger partial charge < -0.3 is 9.52 Å². The molecule has 0 amide bonds. The highest BCUT2D eigenvalue weighted by atomic mass is 31.1. The summed E-state index contributed by atoms with van der Waals surface area (Å²) in [7, 11) is -2.86. The molecule has 0 spiro atoms. The minimum Gasteiger partial charge on any atom is -0.504 e. The molecule has 0 fully saturated rings. The number of benzene rings is 1. The van der Waals surface area contributed by atoms with E-state index < -0.39 is 13.9 Å². The number of rotatable bonds is 2. The van der Waals surface area contributed by atoms with Gasteiger partial charge in [0.1, 0.15) is 5.58 Å². The molecule has 6 nitrogen and oxygen atoms in total. The van der Waals surface area contributed by atoms with Crippen LogP contribution in [0.3, 0.4) is 0 Å². The minimum atomic E-state index is -2.86. The molecule has 0 aliphatic carbocycles. The molecule has 1 unspecified atom stereocenters. The molecule has 82 valence electrons. The van der Waals surface area contributed by atoms with Crippen molar-refractivity contribution in [3.8, 4) is 11.5 Å². The van der Waals surface area contributed by atoms with E-state index in [0.717, 1.165) is 6.07 Å². The minimum absolute atomic E-state index is 0.148. The zero-order valence-corrected chi connectivity index (χ0v) is 8.68. The highest BCUT2D eigenvalue weighted by molar-refractivity contribution is 7.32. The molecule has 16 heavy (non-hydrogen) atoms. The summed E-state index contributed by atoms with van der Waals surface area (Å²) >= 11 is 0. The molecule has 0 saturated carbocycles. The lowest BCUT2D eigenvalue weighted by molar-refractivity contribution is 0.389. The molecule has 0 saturated heterocycles. The standard InChI is InChI=1S/C9H5O6P/c10-6-4-7-5(1-2-9(11)14-7)3-8(6)15-16(12)13/h1-4H,(H-,10,11,12,13)/p+1. The summed E-state index contributed by atoms with van der Waals surface area (Å²) in [5, 5.41) is 9.90. The van der Waals surface area contributed by atoms with E-state index in [1.807, 2.05) is 0 Å². The van der Waals surface area contributed by atoms with Crippen LogP contribution in [0, 0.1) is 0 Å². The van der Waals surface area contributed by atoms with Crippen molar-refractivity contribution in [2.24, 2.45) is 0 Å². The number of fused-ring (bicyclic) bond motifs is 1. The molecular formula is C9H6O6P+. The van der Waals surface area contributed by atoms with Crippen LogP contribution in [0.4, 0.5) is 0 Å². The van der Waals surface area contributed by atoms with Crippen LogP contribution in [0.2, 0.25) is 0 Å². The maximum absolute atomic E-state index is 10.9. The first kappa shape index (κ1) is 10.6. The molecular weight excluding hydrogens is 235 g/mol. The van der Waals surface area contributed by atoms with Crippen molar-refractivity contribution in [1.82, 2.24) is 0 Å². The van der Waals surface area contributed by atoms with E-state index in [9.17, 15) is 14.5 Å². The van der Waals surface area contributed by atoms with Gasteiger partial charge in [0, 0.05) is 28.2 Å². The number of hydrogen-bond acceptors (Lipinski definition) is 5. The Morgan fingerprint density at radius 1 is 1.31 bits per heavy atom. The van der Waals surface area contributed by atoms with Crippen LogP contribution in [-0.4, -0.2) is 10.00 Å². The molecule has 1 atom stereocenters. The van der Waals surface area contributed by atoms with Gasteiger partial charge in [0.25, 0.3) is 0 Å². The van der Waals surface area contributed by atoms with E-state index in [4.69, 9.17) is 9.31 Å². The second-order valence-corrected chi connectivity index (χ2v) is 3.60. The molecule has 1 heterocycles. The summed E-state index contributed by atoms with van der Waals surface area (Å²) in [6.45, 7) is 0. The van der Waals surface area contributed by atoms with Gasteiger partial charge in [0.15, 0.2) is 5.75 Å². The van der Waals surface area contributed by atoms with E-state index >= 15 is 0 Å². The highest BCUT2D eigenvalue weighted by Crippen LogP contribution is 2.35. The Morgan fingerprint density at radius 3 is 2.75 bits per heavy atom. The Kier molecular flexibility index (Phi) is 2.60. The van der Waals surface area contributed by atoms with Gasteiger partial charge in [0.05, 0.1) is 0 Å². The highest BCUT2D eigenvalue weighted by Gasteiger charge is 2.19. The number of hydrogen-bond donors (Lipinski definition) is 2. The van der Waals surface area contributed by atoms with Crippen molar-refractivity contribution < 1.29 is 23.5 Å². The van der Waals surface area contributed by atoms with Crippen molar-refractivity contribution in [1.29, 1.82) is 0 Å². The van der Waals surface area contributed by atoms with Gasteiger partial charge in [-0.2, -0.15) is 0 Å². The van der Waals surface area contributed by atoms with Gasteiger partial charge in [-0.15, -0.1) is 4.89 Å². The fourth-order valence-corrected chi connectivity index (χ4v) is 1.56. The van der Waals surface area contributed by atoms with Gasteiger partial charge in [-0.05, 0) is 6.07 Å². The van der Waals surface area contributed by atoms with Crippen molar-refractivity contribution in [2.45, 2.75) is 0 Å². The lowest BCUT2D eigenvalue weighted by Gasteiger charge is -1.99. The maximum atomic E-state index is 10.9. The Labute approximate surface area is 89.7 Å². The Bertz CT molecular complexity index is 617. The smallest absolute Gasteiger partial charge is 0.504 e. The normalized spacial score (nSPS) is 11.4. The van der Waals surface area contributed by atoms with Crippen LogP contribution < -0.4 is 10.1 Å². The third kappa shape index (κ3) is 2.03. The van der Waals surface area contributed by atoms with Crippen molar-refractivity contribution in [3.05, 3.63) is 34.7 Å². The molecule has 0 aliphatic rings. The molecule has 0 aliphatic heterocycles. The molecule has 2 aromatic rings. The summed E-state index contributed by atoms with van der Waals surface area (Å²) in [6.07, 6.45) is 0. The van der Waals surface area contributed by atoms with Gasteiger partial charge in [-0.25, -0.2) is 9.32 Å². The largest absolute Gasteiger partial charge is 0.747 e. The molecule has 7 heteroatoms. The van der Waals surface area contributed by atoms with E-state index in [1.54, 1.807) is 0 Å². The van der Waals surface area contributed by atoms with Crippen molar-refractivity contribution in [2.75, 3.05) is 0 Å². The SMILES string of the molecule is O=c1ccc2cc(O[P+](=O)O)c(O)cc2o1. The Balaban J connectivity index is 2.62. The first-order valence-corrected chi connectivity index (χ1v) is 5.30. The van der Waals surface area contributed by atoms with Crippen LogP contribution in [0.15, 0.2) is 33.5 Å². The van der Waals surface area contributed by atoms with E-state index in [-0.39, 0.29) is 17.1 Å².